The highest BCUT2D eigenvalue weighted by atomic mass is 35.5. The fourth-order valence-electron chi connectivity index (χ4n) is 2.63. The van der Waals surface area contributed by atoms with Gasteiger partial charge in [0.2, 0.25) is 0 Å². The Hall–Kier alpha value is -1.16. The van der Waals surface area contributed by atoms with Crippen molar-refractivity contribution in [3.05, 3.63) is 17.5 Å². The average molecular weight is 235 g/mol. The van der Waals surface area contributed by atoms with Gasteiger partial charge in [0.05, 0.1) is 12.4 Å². The number of hydrogen-bond donors (Lipinski definition) is 0. The number of hydrogen-bond acceptors (Lipinski definition) is 3. The molecule has 82 valence electrons. The predicted octanol–water partition coefficient (Wildman–Crippen LogP) is 2.28. The molecule has 16 heavy (non-hydrogen) atoms. The van der Waals surface area contributed by atoms with Crippen LogP contribution in [0.15, 0.2) is 12.4 Å². The summed E-state index contributed by atoms with van der Waals surface area (Å²) in [7, 11) is 0. The number of nitrogens with zero attached hydrogens (tertiary/aromatic N) is 4. The molecule has 1 spiro atoms. The number of fused-ring (bicyclic) bond motifs is 1. The summed E-state index contributed by atoms with van der Waals surface area (Å²) < 4.78 is 1.95. The smallest absolute Gasteiger partial charge is 0.178 e. The maximum atomic E-state index is 5.85. The van der Waals surface area contributed by atoms with Crippen LogP contribution in [-0.4, -0.2) is 19.7 Å². The van der Waals surface area contributed by atoms with Crippen LogP contribution in [0.1, 0.15) is 19.3 Å². The number of rotatable bonds is 2. The normalized spacial score (nSPS) is 25.2. The molecule has 4 nitrogen and oxygen atoms in total. The molecular formula is C11H11ClN4. The van der Waals surface area contributed by atoms with Crippen LogP contribution in [0.4, 0.5) is 0 Å². The van der Waals surface area contributed by atoms with Gasteiger partial charge >= 0.3 is 0 Å². The second kappa shape index (κ2) is 2.74. The average Bonchev–Trinajstić information content (AvgIpc) is 3.15. The Bertz CT molecular complexity index is 572. The third-order valence-corrected chi connectivity index (χ3v) is 4.14. The van der Waals surface area contributed by atoms with Gasteiger partial charge in [0, 0.05) is 6.54 Å². The minimum absolute atomic E-state index is 0.436. The topological polar surface area (TPSA) is 43.6 Å². The van der Waals surface area contributed by atoms with Crippen LogP contribution >= 0.6 is 11.6 Å². The van der Waals surface area contributed by atoms with Crippen LogP contribution in [0.2, 0.25) is 5.15 Å². The van der Waals surface area contributed by atoms with Crippen molar-refractivity contribution in [2.75, 3.05) is 0 Å². The van der Waals surface area contributed by atoms with E-state index in [2.05, 4.69) is 15.1 Å². The van der Waals surface area contributed by atoms with Gasteiger partial charge in [-0.25, -0.2) is 14.6 Å². The fraction of sp³-hybridized carbons (Fsp3) is 0.545. The molecule has 2 fully saturated rings. The zero-order valence-electron chi connectivity index (χ0n) is 8.73. The van der Waals surface area contributed by atoms with Crippen molar-refractivity contribution in [1.82, 2.24) is 19.7 Å². The van der Waals surface area contributed by atoms with E-state index in [0.29, 0.717) is 10.6 Å². The van der Waals surface area contributed by atoms with E-state index in [-0.39, 0.29) is 0 Å². The minimum Gasteiger partial charge on any atom is -0.248 e. The highest BCUT2D eigenvalue weighted by molar-refractivity contribution is 6.29. The van der Waals surface area contributed by atoms with E-state index in [0.717, 1.165) is 23.6 Å². The highest BCUT2D eigenvalue weighted by Crippen LogP contribution is 2.71. The molecule has 2 aromatic rings. The lowest BCUT2D eigenvalue weighted by Gasteiger charge is -2.01. The van der Waals surface area contributed by atoms with Crippen LogP contribution < -0.4 is 0 Å². The van der Waals surface area contributed by atoms with Gasteiger partial charge in [-0.2, -0.15) is 5.10 Å². The monoisotopic (exact) mass is 234 g/mol. The van der Waals surface area contributed by atoms with Crippen molar-refractivity contribution in [2.45, 2.75) is 25.8 Å². The third kappa shape index (κ3) is 1.19. The molecule has 0 N–H and O–H groups in total. The largest absolute Gasteiger partial charge is 0.248 e. The van der Waals surface area contributed by atoms with Gasteiger partial charge in [-0.1, -0.05) is 11.6 Å². The molecule has 5 heteroatoms. The molecule has 0 aromatic carbocycles. The lowest BCUT2D eigenvalue weighted by Crippen LogP contribution is -2.04. The van der Waals surface area contributed by atoms with Crippen molar-refractivity contribution < 1.29 is 0 Å². The van der Waals surface area contributed by atoms with E-state index in [9.17, 15) is 0 Å². The van der Waals surface area contributed by atoms with Crippen LogP contribution in [0, 0.1) is 11.3 Å². The molecule has 2 saturated carbocycles. The third-order valence-electron chi connectivity index (χ3n) is 3.96. The highest BCUT2D eigenvalue weighted by Gasteiger charge is 2.62. The molecule has 0 bridgehead atoms. The molecule has 2 aliphatic rings. The number of aromatic nitrogens is 4. The van der Waals surface area contributed by atoms with Crippen molar-refractivity contribution in [3.8, 4) is 0 Å². The molecule has 2 aliphatic carbocycles. The van der Waals surface area contributed by atoms with Gasteiger partial charge < -0.3 is 0 Å². The maximum Gasteiger partial charge on any atom is 0.178 e. The van der Waals surface area contributed by atoms with E-state index in [1.54, 1.807) is 12.4 Å². The van der Waals surface area contributed by atoms with Crippen molar-refractivity contribution >= 4 is 22.8 Å². The quantitative estimate of drug-likeness (QED) is 0.801. The minimum atomic E-state index is 0.436. The molecule has 0 radical (unpaired) electrons. The van der Waals surface area contributed by atoms with E-state index in [4.69, 9.17) is 11.6 Å². The number of halogens is 1. The summed E-state index contributed by atoms with van der Waals surface area (Å²) in [4.78, 5) is 8.49. The van der Waals surface area contributed by atoms with Crippen LogP contribution in [0.5, 0.6) is 0 Å². The maximum absolute atomic E-state index is 5.85. The summed E-state index contributed by atoms with van der Waals surface area (Å²) in [6, 6.07) is 0. The predicted molar refractivity (Wildman–Crippen MR) is 60.1 cm³/mol. The van der Waals surface area contributed by atoms with E-state index >= 15 is 0 Å². The first-order chi connectivity index (χ1) is 7.77. The van der Waals surface area contributed by atoms with E-state index in [1.807, 2.05) is 4.68 Å². The molecular weight excluding hydrogens is 224 g/mol. The first-order valence-corrected chi connectivity index (χ1v) is 5.99. The second-order valence-corrected chi connectivity index (χ2v) is 5.38. The van der Waals surface area contributed by atoms with Crippen molar-refractivity contribution in [1.29, 1.82) is 0 Å². The molecule has 0 amide bonds. The molecule has 1 unspecified atom stereocenters. The van der Waals surface area contributed by atoms with Gasteiger partial charge in [0.25, 0.3) is 0 Å². The van der Waals surface area contributed by atoms with Crippen LogP contribution in [0.3, 0.4) is 0 Å². The lowest BCUT2D eigenvalue weighted by molar-refractivity contribution is 0.536. The zero-order valence-corrected chi connectivity index (χ0v) is 9.48. The summed E-state index contributed by atoms with van der Waals surface area (Å²) in [5.74, 6) is 0.802. The van der Waals surface area contributed by atoms with Crippen LogP contribution in [-0.2, 0) is 6.54 Å². The molecule has 0 saturated heterocycles. The molecule has 1 atom stereocenters. The van der Waals surface area contributed by atoms with Gasteiger partial charge in [-0.3, -0.25) is 0 Å². The summed E-state index contributed by atoms with van der Waals surface area (Å²) in [5, 5.41) is 4.78. The van der Waals surface area contributed by atoms with Gasteiger partial charge in [-0.15, -0.1) is 0 Å². The van der Waals surface area contributed by atoms with E-state index < -0.39 is 0 Å². The Morgan fingerprint density at radius 1 is 1.44 bits per heavy atom. The Morgan fingerprint density at radius 3 is 3.06 bits per heavy atom. The SMILES string of the molecule is Clc1cnc2cnn(CC3CC34CC4)c2n1. The van der Waals surface area contributed by atoms with E-state index in [1.165, 1.54) is 19.3 Å². The second-order valence-electron chi connectivity index (χ2n) is 4.99. The first-order valence-electron chi connectivity index (χ1n) is 5.61. The molecule has 2 aromatic heterocycles. The Morgan fingerprint density at radius 2 is 2.31 bits per heavy atom. The van der Waals surface area contributed by atoms with Gasteiger partial charge in [0.1, 0.15) is 10.7 Å². The standard InChI is InChI=1S/C11H11ClN4/c12-9-5-13-8-4-14-16(10(8)15-9)6-7-3-11(7)1-2-11/h4-5,7H,1-3,6H2. The molecule has 4 rings (SSSR count). The Kier molecular flexibility index (Phi) is 1.53. The van der Waals surface area contributed by atoms with Crippen LogP contribution in [0.25, 0.3) is 11.2 Å². The summed E-state index contributed by atoms with van der Waals surface area (Å²) in [5.41, 5.74) is 2.34. The van der Waals surface area contributed by atoms with Crippen molar-refractivity contribution in [2.24, 2.45) is 11.3 Å². The fourth-order valence-corrected chi connectivity index (χ4v) is 2.76. The zero-order chi connectivity index (χ0) is 10.8. The molecule has 2 heterocycles. The molecule has 0 aliphatic heterocycles. The summed E-state index contributed by atoms with van der Waals surface area (Å²) >= 11 is 5.85. The lowest BCUT2D eigenvalue weighted by atomic mass is 10.3. The Labute approximate surface area is 97.6 Å². The van der Waals surface area contributed by atoms with Crippen molar-refractivity contribution in [3.63, 3.8) is 0 Å². The Balaban J connectivity index is 1.71. The summed E-state index contributed by atoms with van der Waals surface area (Å²) in [6.07, 6.45) is 7.50. The van der Waals surface area contributed by atoms with Gasteiger partial charge in [0.15, 0.2) is 5.65 Å². The summed E-state index contributed by atoms with van der Waals surface area (Å²) in [6.45, 7) is 0.971. The van der Waals surface area contributed by atoms with Gasteiger partial charge in [-0.05, 0) is 30.6 Å². The first kappa shape index (κ1) is 8.93.